The maximum absolute atomic E-state index is 5.98. The van der Waals surface area contributed by atoms with Crippen LogP contribution in [0.15, 0.2) is 65.3 Å². The zero-order valence-electron chi connectivity index (χ0n) is 15.5. The highest BCUT2D eigenvalue weighted by atomic mass is 16.5. The minimum atomic E-state index is 0.104. The van der Waals surface area contributed by atoms with Gasteiger partial charge in [0.2, 0.25) is 0 Å². The molecule has 1 aliphatic rings. The summed E-state index contributed by atoms with van der Waals surface area (Å²) in [6.07, 6.45) is 1.68. The lowest BCUT2D eigenvalue weighted by Crippen LogP contribution is -2.44. The standard InChI is InChI=1S/C22H22N4O2/c1-2-6-16(7-3-1)13-26-10-11-27-17(14-26)12-23-22-21-20(24-15-25-22)18-8-4-5-9-19(18)28-21/h1-9,15,17H,10-14H2,(H,23,24,25)/t17-/m1/s1. The molecule has 5 rings (SSSR count). The Bertz CT molecular complexity index is 1080. The summed E-state index contributed by atoms with van der Waals surface area (Å²) in [7, 11) is 0. The van der Waals surface area contributed by atoms with Crippen LogP contribution in [-0.2, 0) is 11.3 Å². The van der Waals surface area contributed by atoms with Crippen molar-refractivity contribution in [3.63, 3.8) is 0 Å². The van der Waals surface area contributed by atoms with Crippen molar-refractivity contribution in [3.05, 3.63) is 66.5 Å². The van der Waals surface area contributed by atoms with Crippen LogP contribution in [-0.4, -0.2) is 47.2 Å². The van der Waals surface area contributed by atoms with E-state index in [9.17, 15) is 0 Å². The van der Waals surface area contributed by atoms with E-state index < -0.39 is 0 Å². The molecule has 1 saturated heterocycles. The van der Waals surface area contributed by atoms with Crippen LogP contribution in [0.5, 0.6) is 0 Å². The topological polar surface area (TPSA) is 63.4 Å². The number of anilines is 1. The molecule has 3 heterocycles. The highest BCUT2D eigenvalue weighted by molar-refractivity contribution is 6.05. The quantitative estimate of drug-likeness (QED) is 0.575. The van der Waals surface area contributed by atoms with E-state index >= 15 is 0 Å². The van der Waals surface area contributed by atoms with Crippen molar-refractivity contribution in [2.24, 2.45) is 0 Å². The predicted octanol–water partition coefficient (Wildman–Crippen LogP) is 3.69. The van der Waals surface area contributed by atoms with Gasteiger partial charge in [-0.05, 0) is 17.7 Å². The van der Waals surface area contributed by atoms with Gasteiger partial charge in [0.15, 0.2) is 11.4 Å². The molecular weight excluding hydrogens is 352 g/mol. The molecule has 1 fully saturated rings. The number of nitrogens with zero attached hydrogens (tertiary/aromatic N) is 3. The third-order valence-electron chi connectivity index (χ3n) is 5.13. The number of benzene rings is 2. The lowest BCUT2D eigenvalue weighted by molar-refractivity contribution is -0.0240. The van der Waals surface area contributed by atoms with Gasteiger partial charge in [-0.1, -0.05) is 42.5 Å². The molecule has 0 unspecified atom stereocenters. The number of morpholine rings is 1. The summed E-state index contributed by atoms with van der Waals surface area (Å²) in [5.74, 6) is 0.713. The number of hydrogen-bond acceptors (Lipinski definition) is 6. The van der Waals surface area contributed by atoms with Crippen LogP contribution >= 0.6 is 0 Å². The molecule has 142 valence electrons. The smallest absolute Gasteiger partial charge is 0.196 e. The first-order valence-electron chi connectivity index (χ1n) is 9.61. The van der Waals surface area contributed by atoms with Gasteiger partial charge >= 0.3 is 0 Å². The highest BCUT2D eigenvalue weighted by Gasteiger charge is 2.21. The Morgan fingerprint density at radius 1 is 1.04 bits per heavy atom. The zero-order chi connectivity index (χ0) is 18.8. The fourth-order valence-corrected chi connectivity index (χ4v) is 3.75. The molecule has 1 N–H and O–H groups in total. The molecular formula is C22H22N4O2. The number of aromatic nitrogens is 2. The second kappa shape index (κ2) is 7.58. The Hall–Kier alpha value is -2.96. The van der Waals surface area contributed by atoms with Crippen LogP contribution in [0.1, 0.15) is 5.56 Å². The van der Waals surface area contributed by atoms with Crippen molar-refractivity contribution in [1.82, 2.24) is 14.9 Å². The van der Waals surface area contributed by atoms with E-state index in [1.54, 1.807) is 6.33 Å². The molecule has 0 radical (unpaired) electrons. The largest absolute Gasteiger partial charge is 0.450 e. The van der Waals surface area contributed by atoms with E-state index in [1.165, 1.54) is 5.56 Å². The van der Waals surface area contributed by atoms with Crippen LogP contribution in [0, 0.1) is 0 Å². The summed E-state index contributed by atoms with van der Waals surface area (Å²) < 4.78 is 11.9. The zero-order valence-corrected chi connectivity index (χ0v) is 15.5. The molecule has 0 bridgehead atoms. The summed E-state index contributed by atoms with van der Waals surface area (Å²) >= 11 is 0. The van der Waals surface area contributed by atoms with Crippen molar-refractivity contribution >= 4 is 27.9 Å². The second-order valence-electron chi connectivity index (χ2n) is 7.09. The third kappa shape index (κ3) is 3.44. The van der Waals surface area contributed by atoms with Crippen molar-refractivity contribution in [2.45, 2.75) is 12.6 Å². The summed E-state index contributed by atoms with van der Waals surface area (Å²) in [6.45, 7) is 4.20. The van der Waals surface area contributed by atoms with Crippen molar-refractivity contribution in [1.29, 1.82) is 0 Å². The minimum Gasteiger partial charge on any atom is -0.450 e. The lowest BCUT2D eigenvalue weighted by atomic mass is 10.2. The molecule has 1 atom stereocenters. The number of furan rings is 1. The summed E-state index contributed by atoms with van der Waals surface area (Å²) in [5.41, 5.74) is 3.68. The van der Waals surface area contributed by atoms with E-state index in [-0.39, 0.29) is 6.10 Å². The molecule has 1 aliphatic heterocycles. The van der Waals surface area contributed by atoms with Gasteiger partial charge in [0.05, 0.1) is 12.7 Å². The average molecular weight is 374 g/mol. The first-order chi connectivity index (χ1) is 13.9. The van der Waals surface area contributed by atoms with Gasteiger partial charge in [0.1, 0.15) is 17.4 Å². The normalized spacial score (nSPS) is 17.9. The Kier molecular flexibility index (Phi) is 4.64. The van der Waals surface area contributed by atoms with Gasteiger partial charge in [-0.2, -0.15) is 0 Å². The maximum atomic E-state index is 5.98. The number of rotatable bonds is 5. The molecule has 6 heteroatoms. The van der Waals surface area contributed by atoms with E-state index in [0.717, 1.165) is 42.7 Å². The van der Waals surface area contributed by atoms with E-state index in [0.29, 0.717) is 17.9 Å². The second-order valence-corrected chi connectivity index (χ2v) is 7.09. The number of fused-ring (bicyclic) bond motifs is 3. The Morgan fingerprint density at radius 2 is 1.89 bits per heavy atom. The van der Waals surface area contributed by atoms with E-state index in [4.69, 9.17) is 9.15 Å². The van der Waals surface area contributed by atoms with Gasteiger partial charge in [0.25, 0.3) is 0 Å². The van der Waals surface area contributed by atoms with E-state index in [2.05, 4.69) is 50.5 Å². The number of nitrogens with one attached hydrogen (secondary N) is 1. The van der Waals surface area contributed by atoms with Gasteiger partial charge in [0, 0.05) is 31.6 Å². The predicted molar refractivity (Wildman–Crippen MR) is 109 cm³/mol. The monoisotopic (exact) mass is 374 g/mol. The Morgan fingerprint density at radius 3 is 2.82 bits per heavy atom. The molecule has 0 saturated carbocycles. The summed E-state index contributed by atoms with van der Waals surface area (Å²) in [6, 6.07) is 18.5. The van der Waals surface area contributed by atoms with Gasteiger partial charge < -0.3 is 14.5 Å². The molecule has 0 amide bonds. The van der Waals surface area contributed by atoms with Gasteiger partial charge in [-0.3, -0.25) is 4.90 Å². The van der Waals surface area contributed by atoms with E-state index in [1.807, 2.05) is 24.3 Å². The van der Waals surface area contributed by atoms with Crippen LogP contribution < -0.4 is 5.32 Å². The van der Waals surface area contributed by atoms with Gasteiger partial charge in [-0.15, -0.1) is 0 Å². The average Bonchev–Trinajstić information content (AvgIpc) is 3.13. The van der Waals surface area contributed by atoms with Crippen molar-refractivity contribution < 1.29 is 9.15 Å². The molecule has 28 heavy (non-hydrogen) atoms. The highest BCUT2D eigenvalue weighted by Crippen LogP contribution is 2.30. The lowest BCUT2D eigenvalue weighted by Gasteiger charge is -2.33. The maximum Gasteiger partial charge on any atom is 0.196 e. The number of para-hydroxylation sites is 1. The Balaban J connectivity index is 1.28. The molecule has 4 aromatic rings. The van der Waals surface area contributed by atoms with Crippen molar-refractivity contribution in [3.8, 4) is 0 Å². The molecule has 0 spiro atoms. The SMILES string of the molecule is c1ccc(CN2CCO[C@H](CNc3ncnc4c3oc3ccccc34)C2)cc1. The molecule has 2 aromatic carbocycles. The van der Waals surface area contributed by atoms with Crippen LogP contribution in [0.2, 0.25) is 0 Å². The molecule has 2 aromatic heterocycles. The fraction of sp³-hybridized carbons (Fsp3) is 0.273. The molecule has 0 aliphatic carbocycles. The van der Waals surface area contributed by atoms with Crippen molar-refractivity contribution in [2.75, 3.05) is 31.6 Å². The summed E-state index contributed by atoms with van der Waals surface area (Å²) in [5, 5.41) is 4.41. The Labute approximate surface area is 163 Å². The van der Waals surface area contributed by atoms with Crippen LogP contribution in [0.3, 0.4) is 0 Å². The summed E-state index contributed by atoms with van der Waals surface area (Å²) in [4.78, 5) is 11.2. The first kappa shape index (κ1) is 17.2. The van der Waals surface area contributed by atoms with Crippen LogP contribution in [0.25, 0.3) is 22.1 Å². The number of ether oxygens (including phenoxy) is 1. The van der Waals surface area contributed by atoms with Gasteiger partial charge in [-0.25, -0.2) is 9.97 Å². The number of hydrogen-bond donors (Lipinski definition) is 1. The van der Waals surface area contributed by atoms with Crippen LogP contribution in [0.4, 0.5) is 5.82 Å². The molecule has 6 nitrogen and oxygen atoms in total. The minimum absolute atomic E-state index is 0.104. The first-order valence-corrected chi connectivity index (χ1v) is 9.61. The fourth-order valence-electron chi connectivity index (χ4n) is 3.75. The third-order valence-corrected chi connectivity index (χ3v) is 5.13.